The second-order valence-electron chi connectivity index (χ2n) is 6.11. The molecule has 27 heavy (non-hydrogen) atoms. The van der Waals surface area contributed by atoms with E-state index < -0.39 is 5.97 Å². The van der Waals surface area contributed by atoms with Crippen LogP contribution in [0.2, 0.25) is 0 Å². The molecule has 1 heterocycles. The number of fused-ring (bicyclic) bond motifs is 1. The number of esters is 2. The molecule has 0 unspecified atom stereocenters. The summed E-state index contributed by atoms with van der Waals surface area (Å²) in [6.07, 6.45) is 0.0174. The molecule has 0 radical (unpaired) electrons. The minimum atomic E-state index is -0.417. The normalized spacial score (nSPS) is 10.7. The Morgan fingerprint density at radius 1 is 0.889 bits per heavy atom. The molecule has 0 aliphatic rings. The van der Waals surface area contributed by atoms with Crippen molar-refractivity contribution in [1.29, 1.82) is 0 Å². The van der Waals surface area contributed by atoms with Crippen molar-refractivity contribution in [2.75, 3.05) is 13.2 Å². The van der Waals surface area contributed by atoms with Gasteiger partial charge in [-0.3, -0.25) is 4.79 Å². The number of rotatable bonds is 7. The summed E-state index contributed by atoms with van der Waals surface area (Å²) in [7, 11) is 0. The molecule has 0 amide bonds. The number of carbonyl (C=O) groups is 2. The standard InChI is InChI=1S/C22H23NO4/c1-3-26-20(24)14-19-21(22(25)27-4-2)17-12-8-9-13-18(17)23(19)15-16-10-6-5-7-11-16/h5-13H,3-4,14-15H2,1-2H3. The Balaban J connectivity index is 2.18. The van der Waals surface area contributed by atoms with E-state index in [9.17, 15) is 9.59 Å². The van der Waals surface area contributed by atoms with E-state index in [2.05, 4.69) is 0 Å². The zero-order valence-electron chi connectivity index (χ0n) is 15.6. The van der Waals surface area contributed by atoms with Crippen LogP contribution in [0, 0.1) is 0 Å². The van der Waals surface area contributed by atoms with Gasteiger partial charge < -0.3 is 14.0 Å². The highest BCUT2D eigenvalue weighted by molar-refractivity contribution is 6.06. The molecule has 0 aliphatic heterocycles. The first-order valence-electron chi connectivity index (χ1n) is 9.12. The lowest BCUT2D eigenvalue weighted by atomic mass is 10.1. The van der Waals surface area contributed by atoms with E-state index in [4.69, 9.17) is 9.47 Å². The molecule has 0 aliphatic carbocycles. The second kappa shape index (κ2) is 8.54. The summed E-state index contributed by atoms with van der Waals surface area (Å²) in [5.74, 6) is -0.778. The Bertz CT molecular complexity index is 944. The molecule has 5 heteroatoms. The lowest BCUT2D eigenvalue weighted by Crippen LogP contribution is -2.16. The zero-order valence-corrected chi connectivity index (χ0v) is 15.6. The molecule has 3 aromatic rings. The average Bonchev–Trinajstić information content (AvgIpc) is 2.96. The average molecular weight is 365 g/mol. The van der Waals surface area contributed by atoms with Crippen molar-refractivity contribution in [1.82, 2.24) is 4.57 Å². The van der Waals surface area contributed by atoms with Crippen molar-refractivity contribution in [3.63, 3.8) is 0 Å². The van der Waals surface area contributed by atoms with Gasteiger partial charge in [-0.05, 0) is 25.5 Å². The predicted molar refractivity (Wildman–Crippen MR) is 104 cm³/mol. The van der Waals surface area contributed by atoms with Crippen LogP contribution in [0.5, 0.6) is 0 Å². The van der Waals surface area contributed by atoms with E-state index in [1.165, 1.54) is 0 Å². The predicted octanol–water partition coefficient (Wildman–Crippen LogP) is 3.97. The van der Waals surface area contributed by atoms with Gasteiger partial charge >= 0.3 is 11.9 Å². The molecule has 0 atom stereocenters. The lowest BCUT2D eigenvalue weighted by molar-refractivity contribution is -0.142. The third-order valence-electron chi connectivity index (χ3n) is 4.36. The van der Waals surface area contributed by atoms with Crippen LogP contribution in [0.4, 0.5) is 0 Å². The minimum absolute atomic E-state index is 0.0174. The maximum Gasteiger partial charge on any atom is 0.340 e. The Kier molecular flexibility index (Phi) is 5.91. The number of hydrogen-bond donors (Lipinski definition) is 0. The third kappa shape index (κ3) is 4.03. The SMILES string of the molecule is CCOC(=O)Cc1c(C(=O)OCC)c2ccccc2n1Cc1ccccc1. The number of carbonyl (C=O) groups excluding carboxylic acids is 2. The monoisotopic (exact) mass is 365 g/mol. The molecule has 0 spiro atoms. The van der Waals surface area contributed by atoms with Crippen LogP contribution in [0.15, 0.2) is 54.6 Å². The highest BCUT2D eigenvalue weighted by Gasteiger charge is 2.25. The van der Waals surface area contributed by atoms with Crippen molar-refractivity contribution in [3.05, 3.63) is 71.4 Å². The first-order chi connectivity index (χ1) is 13.2. The Labute approximate surface area is 158 Å². The highest BCUT2D eigenvalue weighted by atomic mass is 16.5. The van der Waals surface area contributed by atoms with Crippen molar-refractivity contribution in [2.45, 2.75) is 26.8 Å². The van der Waals surface area contributed by atoms with Gasteiger partial charge in [-0.25, -0.2) is 4.79 Å². The van der Waals surface area contributed by atoms with E-state index in [0.717, 1.165) is 16.5 Å². The zero-order chi connectivity index (χ0) is 19.2. The van der Waals surface area contributed by atoms with Gasteiger partial charge in [-0.15, -0.1) is 0 Å². The summed E-state index contributed by atoms with van der Waals surface area (Å²) in [6, 6.07) is 17.6. The van der Waals surface area contributed by atoms with E-state index in [-0.39, 0.29) is 19.0 Å². The lowest BCUT2D eigenvalue weighted by Gasteiger charge is -2.12. The smallest absolute Gasteiger partial charge is 0.340 e. The quantitative estimate of drug-likeness (QED) is 0.595. The Morgan fingerprint density at radius 3 is 2.26 bits per heavy atom. The Hall–Kier alpha value is -3.08. The van der Waals surface area contributed by atoms with Crippen molar-refractivity contribution in [2.24, 2.45) is 0 Å². The summed E-state index contributed by atoms with van der Waals surface area (Å²) in [6.45, 7) is 4.66. The molecular formula is C22H23NO4. The van der Waals surface area contributed by atoms with Gasteiger partial charge in [0, 0.05) is 23.1 Å². The largest absolute Gasteiger partial charge is 0.466 e. The van der Waals surface area contributed by atoms with Crippen molar-refractivity contribution in [3.8, 4) is 0 Å². The van der Waals surface area contributed by atoms with Gasteiger partial charge in [0.15, 0.2) is 0 Å². The fraction of sp³-hybridized carbons (Fsp3) is 0.273. The number of nitrogens with zero attached hydrogens (tertiary/aromatic N) is 1. The maximum absolute atomic E-state index is 12.7. The number of para-hydroxylation sites is 1. The molecule has 0 saturated carbocycles. The number of benzene rings is 2. The molecule has 0 fully saturated rings. The fourth-order valence-corrected chi connectivity index (χ4v) is 3.27. The van der Waals surface area contributed by atoms with Gasteiger partial charge in [-0.1, -0.05) is 48.5 Å². The summed E-state index contributed by atoms with van der Waals surface area (Å²) >= 11 is 0. The van der Waals surface area contributed by atoms with E-state index >= 15 is 0 Å². The number of ether oxygens (including phenoxy) is 2. The van der Waals surface area contributed by atoms with Gasteiger partial charge in [0.1, 0.15) is 0 Å². The summed E-state index contributed by atoms with van der Waals surface area (Å²) in [5.41, 5.74) is 3.04. The first kappa shape index (κ1) is 18.7. The summed E-state index contributed by atoms with van der Waals surface area (Å²) in [5, 5.41) is 0.783. The molecule has 1 aromatic heterocycles. The summed E-state index contributed by atoms with van der Waals surface area (Å²) < 4.78 is 12.4. The molecule has 140 valence electrons. The van der Waals surface area contributed by atoms with Crippen LogP contribution in [0.25, 0.3) is 10.9 Å². The third-order valence-corrected chi connectivity index (χ3v) is 4.36. The number of aromatic nitrogens is 1. The van der Waals surface area contributed by atoms with Gasteiger partial charge in [0.2, 0.25) is 0 Å². The molecule has 0 bridgehead atoms. The molecule has 3 rings (SSSR count). The van der Waals surface area contributed by atoms with Crippen LogP contribution in [-0.2, 0) is 27.2 Å². The van der Waals surface area contributed by atoms with Crippen LogP contribution in [0.3, 0.4) is 0 Å². The topological polar surface area (TPSA) is 57.5 Å². The van der Waals surface area contributed by atoms with Gasteiger partial charge in [0.05, 0.1) is 25.2 Å². The molecular weight excluding hydrogens is 342 g/mol. The first-order valence-corrected chi connectivity index (χ1v) is 9.12. The molecule has 0 N–H and O–H groups in total. The van der Waals surface area contributed by atoms with Crippen molar-refractivity contribution >= 4 is 22.8 Å². The number of hydrogen-bond acceptors (Lipinski definition) is 4. The van der Waals surface area contributed by atoms with E-state index in [0.29, 0.717) is 24.4 Å². The molecule has 2 aromatic carbocycles. The molecule has 0 saturated heterocycles. The van der Waals surface area contributed by atoms with Crippen LogP contribution < -0.4 is 0 Å². The van der Waals surface area contributed by atoms with Gasteiger partial charge in [-0.2, -0.15) is 0 Å². The van der Waals surface area contributed by atoms with E-state index in [1.54, 1.807) is 13.8 Å². The van der Waals surface area contributed by atoms with Gasteiger partial charge in [0.25, 0.3) is 0 Å². The fourth-order valence-electron chi connectivity index (χ4n) is 3.27. The Morgan fingerprint density at radius 2 is 1.56 bits per heavy atom. The maximum atomic E-state index is 12.7. The van der Waals surface area contributed by atoms with Crippen LogP contribution >= 0.6 is 0 Å². The van der Waals surface area contributed by atoms with Crippen LogP contribution in [-0.4, -0.2) is 29.7 Å². The summed E-state index contributed by atoms with van der Waals surface area (Å²) in [4.78, 5) is 24.9. The highest BCUT2D eigenvalue weighted by Crippen LogP contribution is 2.29. The van der Waals surface area contributed by atoms with E-state index in [1.807, 2.05) is 59.2 Å². The van der Waals surface area contributed by atoms with Crippen LogP contribution in [0.1, 0.15) is 35.5 Å². The second-order valence-corrected chi connectivity index (χ2v) is 6.11. The molecule has 5 nitrogen and oxygen atoms in total. The minimum Gasteiger partial charge on any atom is -0.466 e. The van der Waals surface area contributed by atoms with Crippen molar-refractivity contribution < 1.29 is 19.1 Å².